The molecular weight excluding hydrogens is 326 g/mol. The van der Waals surface area contributed by atoms with E-state index in [0.29, 0.717) is 13.2 Å². The molecule has 2 saturated heterocycles. The zero-order valence-corrected chi connectivity index (χ0v) is 14.3. The number of thioether (sulfide) groups is 1. The molecule has 1 saturated carbocycles. The van der Waals surface area contributed by atoms with E-state index in [1.54, 1.807) is 4.90 Å². The van der Waals surface area contributed by atoms with Crippen LogP contribution in [0.3, 0.4) is 0 Å². The molecular formula is C18H21NO4S. The predicted octanol–water partition coefficient (Wildman–Crippen LogP) is 2.88. The van der Waals surface area contributed by atoms with E-state index in [1.165, 1.54) is 11.8 Å². The molecule has 1 aliphatic carbocycles. The van der Waals surface area contributed by atoms with Gasteiger partial charge in [-0.1, -0.05) is 36.4 Å². The summed E-state index contributed by atoms with van der Waals surface area (Å²) in [5.41, 5.74) is 0. The van der Waals surface area contributed by atoms with Gasteiger partial charge in [-0.05, 0) is 31.4 Å². The lowest BCUT2D eigenvalue weighted by atomic mass is 9.85. The van der Waals surface area contributed by atoms with Crippen LogP contribution in [0.4, 0.5) is 4.79 Å². The minimum absolute atomic E-state index is 0.00212. The first-order valence-corrected chi connectivity index (χ1v) is 9.30. The number of ketones is 1. The van der Waals surface area contributed by atoms with Crippen LogP contribution in [-0.4, -0.2) is 52.6 Å². The molecule has 2 atom stereocenters. The third-order valence-electron chi connectivity index (χ3n) is 5.16. The van der Waals surface area contributed by atoms with Crippen molar-refractivity contribution < 1.29 is 19.1 Å². The van der Waals surface area contributed by atoms with Crippen molar-refractivity contribution >= 4 is 22.8 Å². The van der Waals surface area contributed by atoms with Crippen LogP contribution in [0.15, 0.2) is 30.3 Å². The number of carbonyl (C=O) groups is 2. The molecule has 5 nitrogen and oxygen atoms in total. The number of Topliss-reactive ketones (excluding diaryl/α,β-unsaturated/α-hetero) is 1. The average molecular weight is 347 g/mol. The number of amides is 1. The molecule has 0 aromatic heterocycles. The van der Waals surface area contributed by atoms with E-state index in [1.807, 2.05) is 30.3 Å². The highest BCUT2D eigenvalue weighted by Gasteiger charge is 2.49. The summed E-state index contributed by atoms with van der Waals surface area (Å²) in [6.45, 7) is 1.29. The van der Waals surface area contributed by atoms with Crippen molar-refractivity contribution in [2.75, 3.05) is 19.8 Å². The van der Waals surface area contributed by atoms with Crippen LogP contribution in [0.25, 0.3) is 0 Å². The van der Waals surface area contributed by atoms with E-state index >= 15 is 0 Å². The third-order valence-corrected chi connectivity index (χ3v) is 6.53. The van der Waals surface area contributed by atoms with Gasteiger partial charge in [0.1, 0.15) is 25.0 Å². The van der Waals surface area contributed by atoms with Gasteiger partial charge in [0.2, 0.25) is 0 Å². The maximum atomic E-state index is 12.8. The lowest BCUT2D eigenvalue weighted by Gasteiger charge is -2.41. The van der Waals surface area contributed by atoms with Crippen molar-refractivity contribution in [3.05, 3.63) is 30.3 Å². The van der Waals surface area contributed by atoms with Crippen LogP contribution in [0, 0.1) is 0 Å². The number of carbonyl (C=O) groups excluding carboxylic acids is 2. The molecule has 0 radical (unpaired) electrons. The number of rotatable bonds is 4. The molecule has 2 aliphatic heterocycles. The number of hydrogen-bond donors (Lipinski definition) is 0. The summed E-state index contributed by atoms with van der Waals surface area (Å²) in [7, 11) is 0. The molecule has 3 fully saturated rings. The van der Waals surface area contributed by atoms with E-state index < -0.39 is 0 Å². The molecule has 0 bridgehead atoms. The molecule has 1 amide bonds. The largest absolute Gasteiger partial charge is 0.492 e. The van der Waals surface area contributed by atoms with Gasteiger partial charge < -0.3 is 14.4 Å². The first-order chi connectivity index (χ1) is 11.7. The fourth-order valence-electron chi connectivity index (χ4n) is 3.62. The molecule has 24 heavy (non-hydrogen) atoms. The Morgan fingerprint density at radius 3 is 2.83 bits per heavy atom. The normalized spacial score (nSPS) is 27.7. The summed E-state index contributed by atoms with van der Waals surface area (Å²) in [5.74, 6) is 0.868. The molecule has 0 N–H and O–H groups in total. The van der Waals surface area contributed by atoms with Crippen molar-refractivity contribution in [1.29, 1.82) is 0 Å². The van der Waals surface area contributed by atoms with Crippen LogP contribution in [-0.2, 0) is 9.53 Å². The molecule has 6 heteroatoms. The summed E-state index contributed by atoms with van der Waals surface area (Å²) in [4.78, 5) is 26.5. The van der Waals surface area contributed by atoms with Gasteiger partial charge in [-0.3, -0.25) is 9.59 Å². The highest BCUT2D eigenvalue weighted by molar-refractivity contribution is 8.14. The Balaban J connectivity index is 1.39. The van der Waals surface area contributed by atoms with Crippen LogP contribution in [0.2, 0.25) is 0 Å². The van der Waals surface area contributed by atoms with Gasteiger partial charge in [0.15, 0.2) is 5.78 Å². The second-order valence-electron chi connectivity index (χ2n) is 6.75. The van der Waals surface area contributed by atoms with Crippen LogP contribution in [0.5, 0.6) is 5.75 Å². The number of hydrogen-bond acceptors (Lipinski definition) is 5. The maximum Gasteiger partial charge on any atom is 0.283 e. The highest BCUT2D eigenvalue weighted by Crippen LogP contribution is 2.46. The summed E-state index contributed by atoms with van der Waals surface area (Å²) in [6, 6.07) is 9.33. The second kappa shape index (κ2) is 6.41. The first-order valence-electron chi connectivity index (χ1n) is 8.49. The fraction of sp³-hybridized carbons (Fsp3) is 0.556. The van der Waals surface area contributed by atoms with E-state index in [2.05, 4.69) is 0 Å². The van der Waals surface area contributed by atoms with Gasteiger partial charge in [0, 0.05) is 6.54 Å². The van der Waals surface area contributed by atoms with Crippen molar-refractivity contribution in [3.63, 3.8) is 0 Å². The lowest BCUT2D eigenvalue weighted by molar-refractivity contribution is -0.120. The van der Waals surface area contributed by atoms with Gasteiger partial charge in [0.05, 0.1) is 10.9 Å². The number of fused-ring (bicyclic) bond motifs is 1. The van der Waals surface area contributed by atoms with Crippen molar-refractivity contribution in [1.82, 2.24) is 4.90 Å². The Kier molecular flexibility index (Phi) is 4.26. The van der Waals surface area contributed by atoms with Gasteiger partial charge in [-0.25, -0.2) is 0 Å². The Bertz CT molecular complexity index is 631. The molecule has 1 aromatic rings. The number of ether oxygens (including phenoxy) is 2. The van der Waals surface area contributed by atoms with Crippen LogP contribution < -0.4 is 4.74 Å². The Labute approximate surface area is 145 Å². The highest BCUT2D eigenvalue weighted by atomic mass is 32.2. The smallest absolute Gasteiger partial charge is 0.283 e. The minimum atomic E-state index is -0.364. The zero-order valence-electron chi connectivity index (χ0n) is 13.5. The minimum Gasteiger partial charge on any atom is -0.492 e. The Morgan fingerprint density at radius 1 is 1.33 bits per heavy atom. The molecule has 4 rings (SSSR count). The van der Waals surface area contributed by atoms with Gasteiger partial charge >= 0.3 is 0 Å². The summed E-state index contributed by atoms with van der Waals surface area (Å²) in [5, 5.41) is -0.00212. The monoisotopic (exact) mass is 347 g/mol. The zero-order chi connectivity index (χ0) is 16.6. The maximum absolute atomic E-state index is 12.8. The van der Waals surface area contributed by atoms with E-state index in [4.69, 9.17) is 9.47 Å². The van der Waals surface area contributed by atoms with E-state index in [-0.39, 0.29) is 34.5 Å². The molecule has 128 valence electrons. The standard InChI is InChI=1S/C18H21NO4S/c20-14-11-22-15-7-10-19(16(14)15)17(21)24-18(8-4-9-18)12-23-13-5-2-1-3-6-13/h1-3,5-6,15-16H,4,7-12H2/t15-,16-/m1/s1. The van der Waals surface area contributed by atoms with E-state index in [0.717, 1.165) is 31.4 Å². The van der Waals surface area contributed by atoms with Crippen LogP contribution >= 0.6 is 11.8 Å². The Hall–Kier alpha value is -1.53. The van der Waals surface area contributed by atoms with Gasteiger partial charge in [-0.15, -0.1) is 0 Å². The SMILES string of the molecule is O=C1CO[C@@H]2CCN(C(=O)SC3(COc4ccccc4)CCC3)[C@H]12. The van der Waals surface area contributed by atoms with E-state index in [9.17, 15) is 9.59 Å². The number of likely N-dealkylation sites (tertiary alicyclic amines) is 1. The second-order valence-corrected chi connectivity index (χ2v) is 8.17. The van der Waals surface area contributed by atoms with Crippen LogP contribution in [0.1, 0.15) is 25.7 Å². The average Bonchev–Trinajstić information content (AvgIpc) is 3.14. The predicted molar refractivity (Wildman–Crippen MR) is 91.4 cm³/mol. The molecule has 2 heterocycles. The third kappa shape index (κ3) is 2.93. The summed E-state index contributed by atoms with van der Waals surface area (Å²) in [6.07, 6.45) is 3.73. The first kappa shape index (κ1) is 16.0. The fourth-order valence-corrected chi connectivity index (χ4v) is 4.92. The molecule has 0 unspecified atom stereocenters. The number of para-hydroxylation sites is 1. The van der Waals surface area contributed by atoms with Gasteiger partial charge in [-0.2, -0.15) is 0 Å². The quantitative estimate of drug-likeness (QED) is 0.838. The Morgan fingerprint density at radius 2 is 2.12 bits per heavy atom. The topological polar surface area (TPSA) is 55.8 Å². The van der Waals surface area contributed by atoms with Gasteiger partial charge in [0.25, 0.3) is 5.24 Å². The van der Waals surface area contributed by atoms with Crippen molar-refractivity contribution in [2.45, 2.75) is 42.6 Å². The molecule has 0 spiro atoms. The van der Waals surface area contributed by atoms with Crippen molar-refractivity contribution in [3.8, 4) is 5.75 Å². The lowest BCUT2D eigenvalue weighted by Crippen LogP contribution is -2.46. The number of nitrogens with zero attached hydrogens (tertiary/aromatic N) is 1. The molecule has 1 aromatic carbocycles. The van der Waals surface area contributed by atoms with Crippen molar-refractivity contribution in [2.24, 2.45) is 0 Å². The summed E-state index contributed by atoms with van der Waals surface area (Å²) >= 11 is 1.36. The molecule has 3 aliphatic rings. The number of benzene rings is 1. The summed E-state index contributed by atoms with van der Waals surface area (Å²) < 4.78 is 11.2.